The van der Waals surface area contributed by atoms with Gasteiger partial charge in [0.05, 0.1) is 13.2 Å². The molecule has 0 aromatic heterocycles. The summed E-state index contributed by atoms with van der Waals surface area (Å²) in [5, 5.41) is 0. The van der Waals surface area contributed by atoms with Gasteiger partial charge in [-0.1, -0.05) is 48.6 Å². The Labute approximate surface area is 178 Å². The van der Waals surface area contributed by atoms with E-state index in [4.69, 9.17) is 9.47 Å². The molecule has 0 aliphatic carbocycles. The summed E-state index contributed by atoms with van der Waals surface area (Å²) in [6, 6.07) is 14.0. The van der Waals surface area contributed by atoms with Crippen LogP contribution in [0.1, 0.15) is 25.0 Å². The zero-order valence-corrected chi connectivity index (χ0v) is 17.7. The monoisotopic (exact) mass is 407 g/mol. The molecule has 5 heteroatoms. The van der Waals surface area contributed by atoms with E-state index < -0.39 is 18.0 Å². The molecule has 0 saturated heterocycles. The van der Waals surface area contributed by atoms with E-state index in [1.165, 1.54) is 0 Å². The number of carbonyl (C=O) groups is 2. The minimum absolute atomic E-state index is 0.158. The van der Waals surface area contributed by atoms with E-state index in [-0.39, 0.29) is 13.2 Å². The Balaban J connectivity index is 2.78. The summed E-state index contributed by atoms with van der Waals surface area (Å²) in [6.07, 6.45) is 4.73. The molecule has 2 rings (SSSR count). The SMILES string of the molecule is C=CCc1ccccc1N(c1ccccc1CC=C)C(C(=O)OCC)C(=O)OCC. The third-order valence-electron chi connectivity index (χ3n) is 4.51. The van der Waals surface area contributed by atoms with Crippen molar-refractivity contribution < 1.29 is 19.1 Å². The van der Waals surface area contributed by atoms with Crippen LogP contribution in [0.3, 0.4) is 0 Å². The number of hydrogen-bond acceptors (Lipinski definition) is 5. The molecule has 30 heavy (non-hydrogen) atoms. The number of anilines is 2. The number of esters is 2. The highest BCUT2D eigenvalue weighted by Crippen LogP contribution is 2.35. The van der Waals surface area contributed by atoms with E-state index in [1.807, 2.05) is 48.5 Å². The maximum absolute atomic E-state index is 13.0. The quantitative estimate of drug-likeness (QED) is 0.305. The molecular formula is C25H29NO4. The predicted molar refractivity (Wildman–Crippen MR) is 120 cm³/mol. The number of hydrogen-bond donors (Lipinski definition) is 0. The van der Waals surface area contributed by atoms with Crippen LogP contribution in [0.25, 0.3) is 0 Å². The number of para-hydroxylation sites is 2. The molecule has 0 saturated carbocycles. The van der Waals surface area contributed by atoms with Crippen molar-refractivity contribution in [1.82, 2.24) is 0 Å². The number of nitrogens with zero attached hydrogens (tertiary/aromatic N) is 1. The van der Waals surface area contributed by atoms with E-state index in [0.29, 0.717) is 12.8 Å². The molecule has 158 valence electrons. The minimum Gasteiger partial charge on any atom is -0.464 e. The number of ether oxygens (including phenoxy) is 2. The second kappa shape index (κ2) is 11.6. The van der Waals surface area contributed by atoms with Crippen molar-refractivity contribution in [3.8, 4) is 0 Å². The molecule has 2 aromatic carbocycles. The zero-order valence-electron chi connectivity index (χ0n) is 17.7. The average molecular weight is 408 g/mol. The standard InChI is InChI=1S/C25H29NO4/c1-5-13-19-15-9-11-17-21(19)26(22-18-12-10-16-20(22)14-6-2)23(24(27)29-7-3)25(28)30-8-4/h5-6,9-12,15-18,23H,1-2,7-8,13-14H2,3-4H3. The molecule has 0 aliphatic heterocycles. The Morgan fingerprint density at radius 1 is 0.833 bits per heavy atom. The van der Waals surface area contributed by atoms with E-state index in [1.54, 1.807) is 30.9 Å². The molecule has 0 atom stereocenters. The van der Waals surface area contributed by atoms with Crippen molar-refractivity contribution in [1.29, 1.82) is 0 Å². The maximum Gasteiger partial charge on any atom is 0.340 e. The largest absolute Gasteiger partial charge is 0.464 e. The lowest BCUT2D eigenvalue weighted by Gasteiger charge is -2.33. The smallest absolute Gasteiger partial charge is 0.340 e. The summed E-state index contributed by atoms with van der Waals surface area (Å²) in [5.74, 6) is -1.31. The molecule has 0 unspecified atom stereocenters. The van der Waals surface area contributed by atoms with Crippen molar-refractivity contribution in [2.75, 3.05) is 18.1 Å². The number of carbonyl (C=O) groups excluding carboxylic acids is 2. The molecule has 0 heterocycles. The molecule has 5 nitrogen and oxygen atoms in total. The first kappa shape index (κ1) is 22.9. The highest BCUT2D eigenvalue weighted by Gasteiger charge is 2.38. The lowest BCUT2D eigenvalue weighted by atomic mass is 10.0. The van der Waals surface area contributed by atoms with Gasteiger partial charge in [-0.2, -0.15) is 0 Å². The van der Waals surface area contributed by atoms with E-state index in [9.17, 15) is 9.59 Å². The van der Waals surface area contributed by atoms with Gasteiger partial charge in [-0.3, -0.25) is 0 Å². The highest BCUT2D eigenvalue weighted by atomic mass is 16.6. The van der Waals surface area contributed by atoms with Crippen molar-refractivity contribution in [3.05, 3.63) is 85.0 Å². The van der Waals surface area contributed by atoms with Gasteiger partial charge >= 0.3 is 11.9 Å². The van der Waals surface area contributed by atoms with Crippen LogP contribution in [0.5, 0.6) is 0 Å². The molecule has 0 amide bonds. The molecule has 0 spiro atoms. The second-order valence-corrected chi connectivity index (χ2v) is 6.52. The predicted octanol–water partition coefficient (Wildman–Crippen LogP) is 4.78. The molecule has 0 aliphatic rings. The van der Waals surface area contributed by atoms with E-state index in [2.05, 4.69) is 13.2 Å². The van der Waals surface area contributed by atoms with Crippen LogP contribution in [0.2, 0.25) is 0 Å². The van der Waals surface area contributed by atoms with E-state index >= 15 is 0 Å². The Morgan fingerprint density at radius 3 is 1.60 bits per heavy atom. The highest BCUT2D eigenvalue weighted by molar-refractivity contribution is 6.05. The first-order chi connectivity index (χ1) is 14.6. The molecular weight excluding hydrogens is 378 g/mol. The first-order valence-corrected chi connectivity index (χ1v) is 10.1. The van der Waals surface area contributed by atoms with Gasteiger partial charge in [0.1, 0.15) is 0 Å². The molecule has 0 fully saturated rings. The normalized spacial score (nSPS) is 10.4. The Bertz CT molecular complexity index is 819. The van der Waals surface area contributed by atoms with Crippen LogP contribution >= 0.6 is 0 Å². The van der Waals surface area contributed by atoms with Gasteiger partial charge in [0.2, 0.25) is 6.04 Å². The fraction of sp³-hybridized carbons (Fsp3) is 0.280. The maximum atomic E-state index is 13.0. The average Bonchev–Trinajstić information content (AvgIpc) is 2.74. The van der Waals surface area contributed by atoms with Crippen molar-refractivity contribution in [2.45, 2.75) is 32.7 Å². The lowest BCUT2D eigenvalue weighted by Crippen LogP contribution is -2.47. The number of allylic oxidation sites excluding steroid dienone is 2. The van der Waals surface area contributed by atoms with Crippen molar-refractivity contribution >= 4 is 23.3 Å². The topological polar surface area (TPSA) is 55.8 Å². The number of rotatable bonds is 11. The van der Waals surface area contributed by atoms with Crippen LogP contribution in [0, 0.1) is 0 Å². The van der Waals surface area contributed by atoms with Gasteiger partial charge in [0, 0.05) is 11.4 Å². The van der Waals surface area contributed by atoms with Crippen LogP contribution in [-0.4, -0.2) is 31.2 Å². The zero-order chi connectivity index (χ0) is 21.9. The van der Waals surface area contributed by atoms with E-state index in [0.717, 1.165) is 22.5 Å². The van der Waals surface area contributed by atoms with Gasteiger partial charge in [-0.25, -0.2) is 9.59 Å². The summed E-state index contributed by atoms with van der Waals surface area (Å²) in [4.78, 5) is 27.7. The van der Waals surface area contributed by atoms with Crippen molar-refractivity contribution in [2.24, 2.45) is 0 Å². The summed E-state index contributed by atoms with van der Waals surface area (Å²) < 4.78 is 10.5. The Hall–Kier alpha value is -3.34. The summed E-state index contributed by atoms with van der Waals surface area (Å²) >= 11 is 0. The first-order valence-electron chi connectivity index (χ1n) is 10.1. The van der Waals surface area contributed by atoms with Gasteiger partial charge in [-0.05, 0) is 49.9 Å². The fourth-order valence-electron chi connectivity index (χ4n) is 3.31. The fourth-order valence-corrected chi connectivity index (χ4v) is 3.31. The summed E-state index contributed by atoms with van der Waals surface area (Å²) in [6.45, 7) is 11.4. The van der Waals surface area contributed by atoms with Gasteiger partial charge in [0.15, 0.2) is 0 Å². The van der Waals surface area contributed by atoms with Crippen molar-refractivity contribution in [3.63, 3.8) is 0 Å². The second-order valence-electron chi connectivity index (χ2n) is 6.52. The molecule has 0 radical (unpaired) electrons. The third kappa shape index (κ3) is 5.38. The molecule has 0 bridgehead atoms. The summed E-state index contributed by atoms with van der Waals surface area (Å²) in [5.41, 5.74) is 3.30. The van der Waals surface area contributed by atoms with Gasteiger partial charge < -0.3 is 14.4 Å². The number of benzene rings is 2. The molecule has 2 aromatic rings. The molecule has 0 N–H and O–H groups in total. The third-order valence-corrected chi connectivity index (χ3v) is 4.51. The summed E-state index contributed by atoms with van der Waals surface area (Å²) in [7, 11) is 0. The van der Waals surface area contributed by atoms with Gasteiger partial charge in [0.25, 0.3) is 0 Å². The van der Waals surface area contributed by atoms with Crippen LogP contribution < -0.4 is 4.90 Å². The lowest BCUT2D eigenvalue weighted by molar-refractivity contribution is -0.156. The Kier molecular flexibility index (Phi) is 8.88. The van der Waals surface area contributed by atoms with Crippen LogP contribution in [0.15, 0.2) is 73.8 Å². The van der Waals surface area contributed by atoms with Crippen LogP contribution in [-0.2, 0) is 31.9 Å². The minimum atomic E-state index is -1.28. The Morgan fingerprint density at radius 2 is 1.23 bits per heavy atom. The van der Waals surface area contributed by atoms with Crippen LogP contribution in [0.4, 0.5) is 11.4 Å². The van der Waals surface area contributed by atoms with Gasteiger partial charge in [-0.15, -0.1) is 13.2 Å².